The largest absolute Gasteiger partial charge is 0.393 e. The van der Waals surface area contributed by atoms with Gasteiger partial charge >= 0.3 is 0 Å². The molecule has 0 bridgehead atoms. The zero-order chi connectivity index (χ0) is 16.9. The van der Waals surface area contributed by atoms with Gasteiger partial charge in [-0.15, -0.1) is 6.58 Å². The van der Waals surface area contributed by atoms with E-state index in [9.17, 15) is 9.90 Å². The van der Waals surface area contributed by atoms with E-state index in [1.807, 2.05) is 6.08 Å². The molecule has 3 atom stereocenters. The fraction of sp³-hybridized carbons (Fsp3) is 0.765. The summed E-state index contributed by atoms with van der Waals surface area (Å²) in [4.78, 5) is 14.3. The van der Waals surface area contributed by atoms with Crippen molar-refractivity contribution in [2.24, 2.45) is 11.3 Å². The molecule has 0 aliphatic carbocycles. The Morgan fingerprint density at radius 3 is 2.73 bits per heavy atom. The van der Waals surface area contributed by atoms with Gasteiger partial charge in [0.2, 0.25) is 5.91 Å². The number of allylic oxidation sites excluding steroid dienone is 1. The SMILES string of the molecule is C=CC[C@@H](C)CC[C@@H](O)CC(=O)N1C(=S)SC[C@@H]1C(C)(C)C. The van der Waals surface area contributed by atoms with Gasteiger partial charge in [-0.05, 0) is 30.6 Å². The molecule has 1 aliphatic rings. The third-order valence-corrected chi connectivity index (χ3v) is 5.59. The standard InChI is InChI=1S/C17H29NO2S2/c1-6-7-12(2)8-9-13(19)10-15(20)18-14(17(3,4)5)11-22-16(18)21/h6,12-14,19H,1,7-11H2,2-5H3/t12-,13-,14-/m1/s1. The molecule has 0 spiro atoms. The predicted molar refractivity (Wildman–Crippen MR) is 99.0 cm³/mol. The highest BCUT2D eigenvalue weighted by Gasteiger charge is 2.40. The number of rotatable bonds is 7. The Bertz CT molecular complexity index is 417. The maximum Gasteiger partial charge on any atom is 0.230 e. The van der Waals surface area contributed by atoms with Crippen LogP contribution in [0.2, 0.25) is 0 Å². The molecule has 0 aromatic rings. The van der Waals surface area contributed by atoms with Gasteiger partial charge in [-0.25, -0.2) is 0 Å². The highest BCUT2D eigenvalue weighted by Crippen LogP contribution is 2.36. The molecule has 0 aromatic carbocycles. The summed E-state index contributed by atoms with van der Waals surface area (Å²) in [6, 6.07) is 0.115. The zero-order valence-corrected chi connectivity index (χ0v) is 15.8. The van der Waals surface area contributed by atoms with Gasteiger partial charge in [0.05, 0.1) is 18.6 Å². The molecule has 0 unspecified atom stereocenters. The van der Waals surface area contributed by atoms with E-state index in [1.54, 1.807) is 16.7 Å². The van der Waals surface area contributed by atoms with E-state index in [-0.39, 0.29) is 23.8 Å². The molecule has 1 amide bonds. The van der Waals surface area contributed by atoms with E-state index in [2.05, 4.69) is 34.3 Å². The third-order valence-electron chi connectivity index (χ3n) is 4.11. The minimum Gasteiger partial charge on any atom is -0.393 e. The second-order valence-corrected chi connectivity index (χ2v) is 8.94. The van der Waals surface area contributed by atoms with E-state index in [0.717, 1.165) is 18.6 Å². The van der Waals surface area contributed by atoms with Gasteiger partial charge in [0.1, 0.15) is 4.32 Å². The highest BCUT2D eigenvalue weighted by molar-refractivity contribution is 8.23. The van der Waals surface area contributed by atoms with Crippen molar-refractivity contribution in [3.05, 3.63) is 12.7 Å². The second-order valence-electron chi connectivity index (χ2n) is 7.29. The first-order valence-electron chi connectivity index (χ1n) is 7.94. The van der Waals surface area contributed by atoms with Crippen molar-refractivity contribution in [2.45, 2.75) is 65.5 Å². The fourth-order valence-electron chi connectivity index (χ4n) is 2.62. The van der Waals surface area contributed by atoms with Crippen LogP contribution in [0.4, 0.5) is 0 Å². The van der Waals surface area contributed by atoms with Crippen LogP contribution in [0.25, 0.3) is 0 Å². The lowest BCUT2D eigenvalue weighted by Crippen LogP contribution is -2.46. The summed E-state index contributed by atoms with van der Waals surface area (Å²) in [5.74, 6) is 1.30. The first kappa shape index (κ1) is 19.7. The number of amides is 1. The number of thioether (sulfide) groups is 1. The summed E-state index contributed by atoms with van der Waals surface area (Å²) in [7, 11) is 0. The van der Waals surface area contributed by atoms with Crippen LogP contribution >= 0.6 is 24.0 Å². The summed E-state index contributed by atoms with van der Waals surface area (Å²) in [6.45, 7) is 12.2. The number of hydrogen-bond donors (Lipinski definition) is 1. The topological polar surface area (TPSA) is 40.5 Å². The van der Waals surface area contributed by atoms with Crippen LogP contribution < -0.4 is 0 Å². The molecule has 0 radical (unpaired) electrons. The summed E-state index contributed by atoms with van der Waals surface area (Å²) in [6.07, 6.45) is 3.97. The monoisotopic (exact) mass is 343 g/mol. The van der Waals surface area contributed by atoms with Crippen LogP contribution in [0.15, 0.2) is 12.7 Å². The number of nitrogens with zero attached hydrogens (tertiary/aromatic N) is 1. The van der Waals surface area contributed by atoms with Crippen molar-refractivity contribution < 1.29 is 9.90 Å². The summed E-state index contributed by atoms with van der Waals surface area (Å²) < 4.78 is 0.650. The van der Waals surface area contributed by atoms with Gasteiger partial charge in [-0.3, -0.25) is 9.69 Å². The number of hydrogen-bond acceptors (Lipinski definition) is 4. The van der Waals surface area contributed by atoms with Gasteiger partial charge < -0.3 is 5.11 Å². The van der Waals surface area contributed by atoms with E-state index in [4.69, 9.17) is 12.2 Å². The number of carbonyl (C=O) groups is 1. The summed E-state index contributed by atoms with van der Waals surface area (Å²) in [5.41, 5.74) is -0.00729. The Hall–Kier alpha value is -0.390. The molecule has 126 valence electrons. The van der Waals surface area contributed by atoms with Gasteiger partial charge in [-0.2, -0.15) is 0 Å². The van der Waals surface area contributed by atoms with Gasteiger partial charge in [0, 0.05) is 5.75 Å². The molecule has 1 heterocycles. The maximum atomic E-state index is 12.5. The Morgan fingerprint density at radius 2 is 2.18 bits per heavy atom. The molecule has 0 saturated carbocycles. The number of carbonyl (C=O) groups excluding carboxylic acids is 1. The molecule has 3 nitrogen and oxygen atoms in total. The molecule has 1 rings (SSSR count). The fourth-order valence-corrected chi connectivity index (χ4v) is 4.37. The maximum absolute atomic E-state index is 12.5. The Balaban J connectivity index is 2.55. The molecule has 1 aliphatic heterocycles. The minimum atomic E-state index is -0.589. The molecule has 22 heavy (non-hydrogen) atoms. The molecular formula is C17H29NO2S2. The van der Waals surface area contributed by atoms with Crippen LogP contribution in [-0.2, 0) is 4.79 Å². The zero-order valence-electron chi connectivity index (χ0n) is 14.2. The van der Waals surface area contributed by atoms with Crippen LogP contribution in [0.3, 0.4) is 0 Å². The Kier molecular flexibility index (Phi) is 7.56. The van der Waals surface area contributed by atoms with Crippen LogP contribution in [0.5, 0.6) is 0 Å². The number of aliphatic hydroxyl groups is 1. The van der Waals surface area contributed by atoms with Crippen molar-refractivity contribution in [3.63, 3.8) is 0 Å². The first-order valence-corrected chi connectivity index (χ1v) is 9.34. The highest BCUT2D eigenvalue weighted by atomic mass is 32.2. The Morgan fingerprint density at radius 1 is 1.55 bits per heavy atom. The van der Waals surface area contributed by atoms with Crippen molar-refractivity contribution >= 4 is 34.2 Å². The van der Waals surface area contributed by atoms with E-state index in [0.29, 0.717) is 16.7 Å². The van der Waals surface area contributed by atoms with Gasteiger partial charge in [0.15, 0.2) is 0 Å². The van der Waals surface area contributed by atoms with Crippen LogP contribution in [-0.4, -0.2) is 38.1 Å². The third kappa shape index (κ3) is 5.67. The lowest BCUT2D eigenvalue weighted by molar-refractivity contribution is -0.131. The Labute approximate surface area is 144 Å². The van der Waals surface area contributed by atoms with E-state index < -0.39 is 6.10 Å². The van der Waals surface area contributed by atoms with E-state index in [1.165, 1.54) is 0 Å². The first-order chi connectivity index (χ1) is 10.2. The summed E-state index contributed by atoms with van der Waals surface area (Å²) >= 11 is 6.90. The van der Waals surface area contributed by atoms with Gasteiger partial charge in [-0.1, -0.05) is 57.8 Å². The number of thiocarbonyl (C=S) groups is 1. The summed E-state index contributed by atoms with van der Waals surface area (Å²) in [5, 5.41) is 10.1. The van der Waals surface area contributed by atoms with Crippen LogP contribution in [0, 0.1) is 11.3 Å². The van der Waals surface area contributed by atoms with Crippen molar-refractivity contribution in [2.75, 3.05) is 5.75 Å². The normalized spacial score (nSPS) is 21.8. The minimum absolute atomic E-state index is 0.00729. The molecule has 5 heteroatoms. The van der Waals surface area contributed by atoms with Crippen molar-refractivity contribution in [3.8, 4) is 0 Å². The van der Waals surface area contributed by atoms with Crippen LogP contribution in [0.1, 0.15) is 53.4 Å². The van der Waals surface area contributed by atoms with Gasteiger partial charge in [0.25, 0.3) is 0 Å². The second kappa shape index (κ2) is 8.46. The molecule has 1 saturated heterocycles. The molecule has 1 fully saturated rings. The van der Waals surface area contributed by atoms with Crippen molar-refractivity contribution in [1.82, 2.24) is 4.90 Å². The average Bonchev–Trinajstić information content (AvgIpc) is 2.78. The molecular weight excluding hydrogens is 314 g/mol. The number of aliphatic hydroxyl groups excluding tert-OH is 1. The smallest absolute Gasteiger partial charge is 0.230 e. The molecule has 0 aromatic heterocycles. The predicted octanol–water partition coefficient (Wildman–Crippen LogP) is 4.00. The molecule has 1 N–H and O–H groups in total. The quantitative estimate of drug-likeness (QED) is 0.560. The lowest BCUT2D eigenvalue weighted by atomic mass is 9.87. The average molecular weight is 344 g/mol. The lowest BCUT2D eigenvalue weighted by Gasteiger charge is -2.34. The van der Waals surface area contributed by atoms with E-state index >= 15 is 0 Å². The van der Waals surface area contributed by atoms with Crippen molar-refractivity contribution in [1.29, 1.82) is 0 Å².